The van der Waals surface area contributed by atoms with E-state index in [4.69, 9.17) is 4.74 Å². The summed E-state index contributed by atoms with van der Waals surface area (Å²) in [5, 5.41) is 16.5. The third-order valence-corrected chi connectivity index (χ3v) is 3.90. The SMILES string of the molecule is COc1c(F)cc(F)cc1[C@H](C(=O)O)N(C)Cc1c(C)n[nH]c1C. The van der Waals surface area contributed by atoms with Crippen molar-refractivity contribution in [3.8, 4) is 5.75 Å². The Morgan fingerprint density at radius 1 is 1.42 bits per heavy atom. The van der Waals surface area contributed by atoms with Crippen LogP contribution in [-0.2, 0) is 11.3 Å². The summed E-state index contributed by atoms with van der Waals surface area (Å²) in [4.78, 5) is 13.2. The number of aryl methyl sites for hydroxylation is 2. The number of benzene rings is 1. The molecule has 2 aromatic rings. The Morgan fingerprint density at radius 2 is 2.08 bits per heavy atom. The number of halogens is 2. The Kier molecular flexibility index (Phi) is 5.18. The molecule has 0 radical (unpaired) electrons. The summed E-state index contributed by atoms with van der Waals surface area (Å²) < 4.78 is 32.5. The normalized spacial score (nSPS) is 12.5. The number of ether oxygens (including phenoxy) is 1. The highest BCUT2D eigenvalue weighted by Crippen LogP contribution is 2.33. The fraction of sp³-hybridized carbons (Fsp3) is 0.375. The molecule has 24 heavy (non-hydrogen) atoms. The zero-order chi connectivity index (χ0) is 18.0. The smallest absolute Gasteiger partial charge is 0.325 e. The van der Waals surface area contributed by atoms with Gasteiger partial charge in [-0.25, -0.2) is 8.78 Å². The summed E-state index contributed by atoms with van der Waals surface area (Å²) in [6.45, 7) is 3.86. The number of aromatic nitrogens is 2. The van der Waals surface area contributed by atoms with Crippen LogP contribution in [0.15, 0.2) is 12.1 Å². The number of aromatic amines is 1. The van der Waals surface area contributed by atoms with Gasteiger partial charge in [0.25, 0.3) is 0 Å². The molecule has 0 amide bonds. The third kappa shape index (κ3) is 3.38. The summed E-state index contributed by atoms with van der Waals surface area (Å²) >= 11 is 0. The third-order valence-electron chi connectivity index (χ3n) is 3.90. The molecular weight excluding hydrogens is 320 g/mol. The maximum atomic E-state index is 13.9. The lowest BCUT2D eigenvalue weighted by atomic mass is 10.0. The van der Waals surface area contributed by atoms with Crippen LogP contribution >= 0.6 is 0 Å². The van der Waals surface area contributed by atoms with Crippen molar-refractivity contribution < 1.29 is 23.4 Å². The molecular formula is C16H19F2N3O3. The Labute approximate surface area is 138 Å². The van der Waals surface area contributed by atoms with E-state index in [1.54, 1.807) is 14.0 Å². The Hall–Kier alpha value is -2.48. The Bertz CT molecular complexity index is 742. The first-order valence-electron chi connectivity index (χ1n) is 7.22. The molecule has 2 N–H and O–H groups in total. The fourth-order valence-electron chi connectivity index (χ4n) is 2.71. The zero-order valence-corrected chi connectivity index (χ0v) is 13.9. The lowest BCUT2D eigenvalue weighted by molar-refractivity contribution is -0.143. The topological polar surface area (TPSA) is 78.5 Å². The van der Waals surface area contributed by atoms with Crippen molar-refractivity contribution >= 4 is 5.97 Å². The number of methoxy groups -OCH3 is 1. The highest BCUT2D eigenvalue weighted by atomic mass is 19.1. The van der Waals surface area contributed by atoms with E-state index in [2.05, 4.69) is 10.2 Å². The molecule has 1 atom stereocenters. The molecule has 0 bridgehead atoms. The first-order chi connectivity index (χ1) is 11.3. The van der Waals surface area contributed by atoms with Gasteiger partial charge in [-0.3, -0.25) is 14.8 Å². The van der Waals surface area contributed by atoms with Gasteiger partial charge < -0.3 is 9.84 Å². The van der Waals surface area contributed by atoms with Crippen molar-refractivity contribution in [3.05, 3.63) is 46.3 Å². The van der Waals surface area contributed by atoms with Gasteiger partial charge >= 0.3 is 5.97 Å². The minimum Gasteiger partial charge on any atom is -0.493 e. The van der Waals surface area contributed by atoms with E-state index in [-0.39, 0.29) is 17.9 Å². The number of carbonyl (C=O) groups is 1. The minimum absolute atomic E-state index is 0.0798. The van der Waals surface area contributed by atoms with Crippen molar-refractivity contribution in [1.29, 1.82) is 0 Å². The quantitative estimate of drug-likeness (QED) is 0.846. The molecule has 0 spiro atoms. The van der Waals surface area contributed by atoms with E-state index in [1.807, 2.05) is 6.92 Å². The average Bonchev–Trinajstić information content (AvgIpc) is 2.78. The fourth-order valence-corrected chi connectivity index (χ4v) is 2.71. The van der Waals surface area contributed by atoms with Crippen LogP contribution in [0.5, 0.6) is 5.75 Å². The molecule has 1 aromatic heterocycles. The maximum Gasteiger partial charge on any atom is 0.325 e. The molecule has 0 unspecified atom stereocenters. The molecule has 0 aliphatic rings. The number of hydrogen-bond donors (Lipinski definition) is 2. The molecule has 2 rings (SSSR count). The summed E-state index contributed by atoms with van der Waals surface area (Å²) in [5.74, 6) is -3.32. The van der Waals surface area contributed by atoms with Crippen LogP contribution in [0.3, 0.4) is 0 Å². The maximum absolute atomic E-state index is 13.9. The van der Waals surface area contributed by atoms with E-state index in [0.717, 1.165) is 23.0 Å². The number of carboxylic acids is 1. The number of aliphatic carboxylic acids is 1. The largest absolute Gasteiger partial charge is 0.493 e. The van der Waals surface area contributed by atoms with E-state index in [0.29, 0.717) is 6.07 Å². The second-order valence-electron chi connectivity index (χ2n) is 5.58. The highest BCUT2D eigenvalue weighted by Gasteiger charge is 2.30. The van der Waals surface area contributed by atoms with Crippen LogP contribution in [0.4, 0.5) is 8.78 Å². The first kappa shape index (κ1) is 17.9. The Morgan fingerprint density at radius 3 is 2.58 bits per heavy atom. The second-order valence-corrected chi connectivity index (χ2v) is 5.58. The number of rotatable bonds is 6. The number of likely N-dealkylation sites (N-methyl/N-ethyl adjacent to an activating group) is 1. The molecule has 0 aliphatic carbocycles. The van der Waals surface area contributed by atoms with Gasteiger partial charge in [0.05, 0.1) is 12.8 Å². The van der Waals surface area contributed by atoms with Crippen LogP contribution in [0, 0.1) is 25.5 Å². The second kappa shape index (κ2) is 6.96. The molecule has 0 saturated carbocycles. The van der Waals surface area contributed by atoms with Crippen LogP contribution < -0.4 is 4.74 Å². The molecule has 1 aromatic carbocycles. The molecule has 0 fully saturated rings. The van der Waals surface area contributed by atoms with Gasteiger partial charge in [0.1, 0.15) is 11.9 Å². The van der Waals surface area contributed by atoms with Crippen molar-refractivity contribution in [2.75, 3.05) is 14.2 Å². The number of H-pyrrole nitrogens is 1. The summed E-state index contributed by atoms with van der Waals surface area (Å²) in [5.41, 5.74) is 2.30. The van der Waals surface area contributed by atoms with Gasteiger partial charge in [0.15, 0.2) is 11.6 Å². The van der Waals surface area contributed by atoms with Crippen LogP contribution in [0.25, 0.3) is 0 Å². The predicted octanol–water partition coefficient (Wildman–Crippen LogP) is 2.57. The number of hydrogen-bond acceptors (Lipinski definition) is 4. The van der Waals surface area contributed by atoms with Gasteiger partial charge in [0, 0.05) is 29.4 Å². The average molecular weight is 339 g/mol. The van der Waals surface area contributed by atoms with Crippen LogP contribution in [0.1, 0.15) is 28.6 Å². The van der Waals surface area contributed by atoms with Crippen molar-refractivity contribution in [3.63, 3.8) is 0 Å². The van der Waals surface area contributed by atoms with Gasteiger partial charge in [-0.2, -0.15) is 5.10 Å². The first-order valence-corrected chi connectivity index (χ1v) is 7.22. The molecule has 130 valence electrons. The molecule has 0 aliphatic heterocycles. The van der Waals surface area contributed by atoms with Crippen LogP contribution in [0.2, 0.25) is 0 Å². The Balaban J connectivity index is 2.45. The minimum atomic E-state index is -1.28. The number of nitrogens with zero attached hydrogens (tertiary/aromatic N) is 2. The summed E-state index contributed by atoms with van der Waals surface area (Å²) in [7, 11) is 2.77. The van der Waals surface area contributed by atoms with Gasteiger partial charge in [0.2, 0.25) is 0 Å². The van der Waals surface area contributed by atoms with E-state index < -0.39 is 23.6 Å². The molecule has 0 saturated heterocycles. The zero-order valence-electron chi connectivity index (χ0n) is 13.9. The standard InChI is InChI=1S/C16H19F2N3O3/c1-8-12(9(2)20-19-8)7-21(3)14(16(22)23)11-5-10(17)6-13(18)15(11)24-4/h5-6,14H,7H2,1-4H3,(H,19,20)(H,22,23)/t14-/m1/s1. The monoisotopic (exact) mass is 339 g/mol. The highest BCUT2D eigenvalue weighted by molar-refractivity contribution is 5.76. The van der Waals surface area contributed by atoms with Crippen molar-refractivity contribution in [2.45, 2.75) is 26.4 Å². The molecule has 6 nitrogen and oxygen atoms in total. The van der Waals surface area contributed by atoms with E-state index in [1.165, 1.54) is 12.0 Å². The number of nitrogens with one attached hydrogen (secondary N) is 1. The van der Waals surface area contributed by atoms with Gasteiger partial charge in [-0.15, -0.1) is 0 Å². The van der Waals surface area contributed by atoms with E-state index >= 15 is 0 Å². The predicted molar refractivity (Wildman–Crippen MR) is 82.8 cm³/mol. The number of carboxylic acid groups (broad SMARTS) is 1. The van der Waals surface area contributed by atoms with E-state index in [9.17, 15) is 18.7 Å². The molecule has 8 heteroatoms. The van der Waals surface area contributed by atoms with Gasteiger partial charge in [-0.1, -0.05) is 0 Å². The van der Waals surface area contributed by atoms with Gasteiger partial charge in [-0.05, 0) is 27.0 Å². The van der Waals surface area contributed by atoms with Crippen LogP contribution in [-0.4, -0.2) is 40.3 Å². The summed E-state index contributed by atoms with van der Waals surface area (Å²) in [6, 6.07) is 0.358. The molecule has 1 heterocycles. The lowest BCUT2D eigenvalue weighted by Gasteiger charge is -2.26. The summed E-state index contributed by atoms with van der Waals surface area (Å²) in [6.07, 6.45) is 0. The van der Waals surface area contributed by atoms with Crippen molar-refractivity contribution in [1.82, 2.24) is 15.1 Å². The van der Waals surface area contributed by atoms with Crippen molar-refractivity contribution in [2.24, 2.45) is 0 Å². The lowest BCUT2D eigenvalue weighted by Crippen LogP contribution is -2.31.